The first-order valence-electron chi connectivity index (χ1n) is 12.8. The number of hydrogen-bond acceptors (Lipinski definition) is 5. The number of nitrogens with one attached hydrogen (secondary N) is 1. The molecule has 3 aromatic rings. The molecule has 0 saturated heterocycles. The lowest BCUT2D eigenvalue weighted by Crippen LogP contribution is -2.42. The Morgan fingerprint density at radius 1 is 0.892 bits per heavy atom. The number of hydrogen-bond donors (Lipinski definition) is 2. The second-order valence-corrected chi connectivity index (χ2v) is 9.81. The molecule has 2 aliphatic heterocycles. The number of ether oxygens (including phenoxy) is 1. The quantitative estimate of drug-likeness (QED) is 0.522. The van der Waals surface area contributed by atoms with Gasteiger partial charge in [-0.3, -0.25) is 14.5 Å². The van der Waals surface area contributed by atoms with E-state index in [0.717, 1.165) is 36.4 Å². The number of fused-ring (bicyclic) bond motifs is 2. The summed E-state index contributed by atoms with van der Waals surface area (Å²) in [7, 11) is 1.60. The third-order valence-corrected chi connectivity index (χ3v) is 7.28. The summed E-state index contributed by atoms with van der Waals surface area (Å²) in [6.07, 6.45) is 1.04. The summed E-state index contributed by atoms with van der Waals surface area (Å²) in [6, 6.07) is 21.2. The van der Waals surface area contributed by atoms with Crippen molar-refractivity contribution in [2.75, 3.05) is 33.3 Å². The van der Waals surface area contributed by atoms with Crippen molar-refractivity contribution >= 4 is 11.8 Å². The van der Waals surface area contributed by atoms with Crippen molar-refractivity contribution in [2.24, 2.45) is 0 Å². The van der Waals surface area contributed by atoms with Crippen LogP contribution in [0, 0.1) is 0 Å². The Bertz CT molecular complexity index is 1270. The molecule has 0 aromatic heterocycles. The number of rotatable bonds is 7. The highest BCUT2D eigenvalue weighted by Crippen LogP contribution is 2.23. The third kappa shape index (κ3) is 5.84. The smallest absolute Gasteiger partial charge is 0.254 e. The Morgan fingerprint density at radius 3 is 2.38 bits per heavy atom. The summed E-state index contributed by atoms with van der Waals surface area (Å²) in [4.78, 5) is 29.8. The number of aliphatic hydroxyl groups excluding tert-OH is 1. The number of methoxy groups -OCH3 is 1. The van der Waals surface area contributed by atoms with Crippen LogP contribution < -0.4 is 10.1 Å². The van der Waals surface area contributed by atoms with E-state index in [1.807, 2.05) is 23.1 Å². The van der Waals surface area contributed by atoms with Crippen LogP contribution in [0.25, 0.3) is 0 Å². The van der Waals surface area contributed by atoms with Crippen LogP contribution in [0.15, 0.2) is 66.7 Å². The molecule has 2 N–H and O–H groups in total. The summed E-state index contributed by atoms with van der Waals surface area (Å²) in [5.74, 6) is 0.514. The molecule has 1 atom stereocenters. The normalized spacial score (nSPS) is 15.9. The first-order chi connectivity index (χ1) is 18.0. The molecule has 0 radical (unpaired) electrons. The molecule has 0 saturated carbocycles. The van der Waals surface area contributed by atoms with Gasteiger partial charge >= 0.3 is 0 Å². The number of β-amino-alcohol motifs (C(OH)–C–C–N with tert-alkyl or cyclic N) is 1. The Kier molecular flexibility index (Phi) is 7.53. The van der Waals surface area contributed by atoms with Gasteiger partial charge in [0.2, 0.25) is 0 Å². The average molecular weight is 500 g/mol. The number of carbonyl (C=O) groups excluding carboxylic acids is 2. The van der Waals surface area contributed by atoms with Crippen LogP contribution in [-0.2, 0) is 25.9 Å². The van der Waals surface area contributed by atoms with E-state index in [1.54, 1.807) is 37.4 Å². The summed E-state index contributed by atoms with van der Waals surface area (Å²) in [5.41, 5.74) is 6.03. The van der Waals surface area contributed by atoms with Gasteiger partial charge in [-0.2, -0.15) is 0 Å². The van der Waals surface area contributed by atoms with Crippen molar-refractivity contribution < 1.29 is 19.4 Å². The second kappa shape index (κ2) is 11.2. The molecule has 7 heteroatoms. The molecule has 2 aliphatic rings. The molecule has 37 heavy (non-hydrogen) atoms. The van der Waals surface area contributed by atoms with Gasteiger partial charge in [0, 0.05) is 50.4 Å². The van der Waals surface area contributed by atoms with Gasteiger partial charge in [-0.1, -0.05) is 30.3 Å². The fourth-order valence-corrected chi connectivity index (χ4v) is 5.17. The highest BCUT2D eigenvalue weighted by molar-refractivity contribution is 5.95. The van der Waals surface area contributed by atoms with E-state index in [9.17, 15) is 14.7 Å². The van der Waals surface area contributed by atoms with Gasteiger partial charge in [0.25, 0.3) is 11.8 Å². The molecule has 192 valence electrons. The van der Waals surface area contributed by atoms with Gasteiger partial charge in [-0.25, -0.2) is 0 Å². The van der Waals surface area contributed by atoms with Crippen LogP contribution in [-0.4, -0.2) is 66.1 Å². The summed E-state index contributed by atoms with van der Waals surface area (Å²) < 4.78 is 5.17. The first-order valence-corrected chi connectivity index (χ1v) is 12.8. The number of aliphatic hydroxyl groups is 1. The zero-order valence-electron chi connectivity index (χ0n) is 21.2. The van der Waals surface area contributed by atoms with Gasteiger partial charge < -0.3 is 20.1 Å². The highest BCUT2D eigenvalue weighted by Gasteiger charge is 2.23. The molecule has 0 spiro atoms. The standard InChI is InChI=1S/C30H33N3O4/c1-37-28-10-8-22(9-11-28)30(36)33-15-13-23-16-24(6-7-26(23)19-33)29(35)31-17-27(34)20-32-14-12-21-4-2-3-5-25(21)18-32/h2-11,16,27,34H,12-15,17-20H2,1H3,(H,31,35)/t27-/m0/s1. The number of amides is 2. The topological polar surface area (TPSA) is 82.1 Å². The molecular formula is C30H33N3O4. The lowest BCUT2D eigenvalue weighted by molar-refractivity contribution is 0.0734. The van der Waals surface area contributed by atoms with Gasteiger partial charge in [0.05, 0.1) is 13.2 Å². The SMILES string of the molecule is COc1ccc(C(=O)N2CCc3cc(C(=O)NC[C@H](O)CN4CCc5ccccc5C4)ccc3C2)cc1. The molecular weight excluding hydrogens is 466 g/mol. The molecule has 0 fully saturated rings. The predicted octanol–water partition coefficient (Wildman–Crippen LogP) is 3.04. The van der Waals surface area contributed by atoms with Crippen LogP contribution in [0.5, 0.6) is 5.75 Å². The van der Waals surface area contributed by atoms with Gasteiger partial charge in [-0.15, -0.1) is 0 Å². The zero-order valence-corrected chi connectivity index (χ0v) is 21.2. The second-order valence-electron chi connectivity index (χ2n) is 9.81. The van der Waals surface area contributed by atoms with Crippen LogP contribution >= 0.6 is 0 Å². The van der Waals surface area contributed by atoms with Crippen molar-refractivity contribution in [3.05, 3.63) is 100 Å². The zero-order chi connectivity index (χ0) is 25.8. The van der Waals surface area contributed by atoms with Crippen LogP contribution in [0.4, 0.5) is 0 Å². The maximum absolute atomic E-state index is 12.9. The molecule has 0 aliphatic carbocycles. The molecule has 7 nitrogen and oxygen atoms in total. The van der Waals surface area contributed by atoms with Crippen molar-refractivity contribution in [2.45, 2.75) is 32.0 Å². The van der Waals surface area contributed by atoms with E-state index < -0.39 is 6.10 Å². The van der Waals surface area contributed by atoms with Crippen molar-refractivity contribution in [3.63, 3.8) is 0 Å². The van der Waals surface area contributed by atoms with Crippen molar-refractivity contribution in [1.29, 1.82) is 0 Å². The highest BCUT2D eigenvalue weighted by atomic mass is 16.5. The average Bonchev–Trinajstić information content (AvgIpc) is 2.95. The Morgan fingerprint density at radius 2 is 1.59 bits per heavy atom. The van der Waals surface area contributed by atoms with Gasteiger partial charge in [0.1, 0.15) is 5.75 Å². The fourth-order valence-electron chi connectivity index (χ4n) is 5.17. The predicted molar refractivity (Wildman–Crippen MR) is 142 cm³/mol. The van der Waals surface area contributed by atoms with Crippen LogP contribution in [0.3, 0.4) is 0 Å². The minimum absolute atomic E-state index is 0.0127. The fraction of sp³-hybridized carbons (Fsp3) is 0.333. The van der Waals surface area contributed by atoms with E-state index in [0.29, 0.717) is 37.2 Å². The third-order valence-electron chi connectivity index (χ3n) is 7.28. The summed E-state index contributed by atoms with van der Waals surface area (Å²) >= 11 is 0. The van der Waals surface area contributed by atoms with E-state index in [2.05, 4.69) is 28.4 Å². The number of carbonyl (C=O) groups is 2. The van der Waals surface area contributed by atoms with Gasteiger partial charge in [-0.05, 0) is 71.5 Å². The van der Waals surface area contributed by atoms with E-state index in [4.69, 9.17) is 4.74 Å². The molecule has 0 bridgehead atoms. The Hall–Kier alpha value is -3.68. The molecule has 2 heterocycles. The minimum Gasteiger partial charge on any atom is -0.497 e. The minimum atomic E-state index is -0.635. The Balaban J connectivity index is 1.13. The van der Waals surface area contributed by atoms with E-state index in [1.165, 1.54) is 11.1 Å². The number of nitrogens with zero attached hydrogens (tertiary/aromatic N) is 2. The molecule has 5 rings (SSSR count). The van der Waals surface area contributed by atoms with Crippen molar-refractivity contribution in [3.8, 4) is 5.75 Å². The Labute approximate surface area is 217 Å². The molecule has 0 unspecified atom stereocenters. The maximum atomic E-state index is 12.9. The summed E-state index contributed by atoms with van der Waals surface area (Å²) in [6.45, 7) is 3.57. The number of benzene rings is 3. The first kappa shape index (κ1) is 25.0. The van der Waals surface area contributed by atoms with Crippen molar-refractivity contribution in [1.82, 2.24) is 15.1 Å². The van der Waals surface area contributed by atoms with E-state index in [-0.39, 0.29) is 18.4 Å². The lowest BCUT2D eigenvalue weighted by Gasteiger charge is -2.30. The van der Waals surface area contributed by atoms with Crippen LogP contribution in [0.2, 0.25) is 0 Å². The van der Waals surface area contributed by atoms with Gasteiger partial charge in [0.15, 0.2) is 0 Å². The monoisotopic (exact) mass is 499 g/mol. The molecule has 2 amide bonds. The molecule has 3 aromatic carbocycles. The summed E-state index contributed by atoms with van der Waals surface area (Å²) in [5, 5.41) is 13.4. The van der Waals surface area contributed by atoms with Crippen LogP contribution in [0.1, 0.15) is 43.0 Å². The lowest BCUT2D eigenvalue weighted by atomic mass is 9.96. The van der Waals surface area contributed by atoms with E-state index >= 15 is 0 Å². The largest absolute Gasteiger partial charge is 0.497 e. The maximum Gasteiger partial charge on any atom is 0.254 e.